The Kier molecular flexibility index (Phi) is 5.83. The lowest BCUT2D eigenvalue weighted by Gasteiger charge is -2.11. The van der Waals surface area contributed by atoms with E-state index in [2.05, 4.69) is 20.3 Å². The number of nitrogens with two attached hydrogens (primary N) is 2. The highest BCUT2D eigenvalue weighted by atomic mass is 16.5. The lowest BCUT2D eigenvalue weighted by Crippen LogP contribution is -2.13. The SMILES string of the molecule is COc1ccccc1Nc1nc(N)nc(COC(=O)c2ccc(C(N)=O)cc2)n1. The number of primary amides is 1. The summed E-state index contributed by atoms with van der Waals surface area (Å²) in [6, 6.07) is 13.0. The Labute approximate surface area is 165 Å². The molecule has 3 rings (SSSR count). The van der Waals surface area contributed by atoms with Crippen molar-refractivity contribution in [2.45, 2.75) is 6.61 Å². The van der Waals surface area contributed by atoms with E-state index in [1.54, 1.807) is 19.2 Å². The van der Waals surface area contributed by atoms with Crippen LogP contribution in [0.1, 0.15) is 26.5 Å². The quantitative estimate of drug-likeness (QED) is 0.507. The summed E-state index contributed by atoms with van der Waals surface area (Å²) in [4.78, 5) is 35.4. The van der Waals surface area contributed by atoms with Crippen LogP contribution in [-0.2, 0) is 11.3 Å². The second-order valence-electron chi connectivity index (χ2n) is 5.78. The monoisotopic (exact) mass is 394 g/mol. The molecule has 10 heteroatoms. The van der Waals surface area contributed by atoms with Crippen LogP contribution in [0.15, 0.2) is 48.5 Å². The van der Waals surface area contributed by atoms with Crippen LogP contribution in [0.3, 0.4) is 0 Å². The predicted octanol–water partition coefficient (Wildman–Crippen LogP) is 1.66. The van der Waals surface area contributed by atoms with E-state index >= 15 is 0 Å². The van der Waals surface area contributed by atoms with Crippen LogP contribution in [0.2, 0.25) is 0 Å². The molecule has 0 aliphatic heterocycles. The van der Waals surface area contributed by atoms with Crippen LogP contribution in [0.25, 0.3) is 0 Å². The van der Waals surface area contributed by atoms with Crippen LogP contribution in [0, 0.1) is 0 Å². The number of nitrogens with one attached hydrogen (secondary N) is 1. The number of nitrogens with zero attached hydrogens (tertiary/aromatic N) is 3. The second kappa shape index (κ2) is 8.65. The van der Waals surface area contributed by atoms with E-state index in [0.717, 1.165) is 0 Å². The molecular weight excluding hydrogens is 376 g/mol. The maximum absolute atomic E-state index is 12.2. The average Bonchev–Trinajstić information content (AvgIpc) is 2.72. The second-order valence-corrected chi connectivity index (χ2v) is 5.78. The van der Waals surface area contributed by atoms with E-state index in [1.165, 1.54) is 24.3 Å². The molecule has 0 saturated heterocycles. The summed E-state index contributed by atoms with van der Waals surface area (Å²) in [6.07, 6.45) is 0. The number of carbonyl (C=O) groups excluding carboxylic acids is 2. The maximum Gasteiger partial charge on any atom is 0.338 e. The van der Waals surface area contributed by atoms with Gasteiger partial charge in [0.2, 0.25) is 17.8 Å². The Hall–Kier alpha value is -4.21. The van der Waals surface area contributed by atoms with Gasteiger partial charge in [-0.1, -0.05) is 12.1 Å². The van der Waals surface area contributed by atoms with Gasteiger partial charge in [0.25, 0.3) is 0 Å². The van der Waals surface area contributed by atoms with Crippen LogP contribution in [0.4, 0.5) is 17.6 Å². The predicted molar refractivity (Wildman–Crippen MR) is 105 cm³/mol. The molecule has 0 radical (unpaired) electrons. The minimum absolute atomic E-state index is 0.0331. The van der Waals surface area contributed by atoms with E-state index < -0.39 is 11.9 Å². The molecule has 2 aromatic carbocycles. The van der Waals surface area contributed by atoms with Crippen LogP contribution >= 0.6 is 0 Å². The first kappa shape index (κ1) is 19.5. The maximum atomic E-state index is 12.2. The Morgan fingerprint density at radius 2 is 1.69 bits per heavy atom. The normalized spacial score (nSPS) is 10.2. The van der Waals surface area contributed by atoms with Crippen LogP contribution < -0.4 is 21.5 Å². The fourth-order valence-electron chi connectivity index (χ4n) is 2.41. The Bertz CT molecular complexity index is 1040. The molecule has 5 N–H and O–H groups in total. The number of aromatic nitrogens is 3. The van der Waals surface area contributed by atoms with Crippen molar-refractivity contribution in [1.29, 1.82) is 0 Å². The molecule has 10 nitrogen and oxygen atoms in total. The molecule has 0 aliphatic carbocycles. The highest BCUT2D eigenvalue weighted by Gasteiger charge is 2.12. The summed E-state index contributed by atoms with van der Waals surface area (Å²) in [5.41, 5.74) is 12.1. The minimum atomic E-state index is -0.612. The largest absolute Gasteiger partial charge is 0.495 e. The molecule has 29 heavy (non-hydrogen) atoms. The number of hydrogen-bond acceptors (Lipinski definition) is 9. The molecule has 0 saturated carbocycles. The van der Waals surface area contributed by atoms with Gasteiger partial charge in [0.1, 0.15) is 5.75 Å². The number of benzene rings is 2. The Morgan fingerprint density at radius 3 is 2.38 bits per heavy atom. The third kappa shape index (κ3) is 4.95. The number of amides is 1. The van der Waals surface area contributed by atoms with E-state index in [9.17, 15) is 9.59 Å². The van der Waals surface area contributed by atoms with Gasteiger partial charge in [0.15, 0.2) is 12.4 Å². The summed E-state index contributed by atoms with van der Waals surface area (Å²) < 4.78 is 10.5. The third-order valence-electron chi connectivity index (χ3n) is 3.79. The molecule has 1 amide bonds. The van der Waals surface area contributed by atoms with Crippen molar-refractivity contribution in [2.24, 2.45) is 5.73 Å². The van der Waals surface area contributed by atoms with Crippen molar-refractivity contribution in [3.8, 4) is 5.75 Å². The first-order valence-electron chi connectivity index (χ1n) is 8.43. The highest BCUT2D eigenvalue weighted by molar-refractivity contribution is 5.95. The van der Waals surface area contributed by atoms with Gasteiger partial charge in [0.05, 0.1) is 18.4 Å². The van der Waals surface area contributed by atoms with Gasteiger partial charge in [-0.2, -0.15) is 15.0 Å². The standard InChI is InChI=1S/C19H18N6O4/c1-28-14-5-3-2-4-13(14)22-19-24-15(23-18(21)25-19)10-29-17(27)12-8-6-11(7-9-12)16(20)26/h2-9H,10H2,1H3,(H2,20,26)(H3,21,22,23,24,25). The molecule has 0 atom stereocenters. The summed E-state index contributed by atoms with van der Waals surface area (Å²) in [6.45, 7) is -0.219. The van der Waals surface area contributed by atoms with Gasteiger partial charge in [-0.05, 0) is 36.4 Å². The fraction of sp³-hybridized carbons (Fsp3) is 0.105. The van der Waals surface area contributed by atoms with Gasteiger partial charge in [-0.3, -0.25) is 4.79 Å². The van der Waals surface area contributed by atoms with E-state index in [-0.39, 0.29) is 29.9 Å². The summed E-state index contributed by atoms with van der Waals surface area (Å²) in [7, 11) is 1.54. The smallest absolute Gasteiger partial charge is 0.338 e. The highest BCUT2D eigenvalue weighted by Crippen LogP contribution is 2.25. The van der Waals surface area contributed by atoms with Gasteiger partial charge in [0, 0.05) is 5.56 Å². The Morgan fingerprint density at radius 1 is 1.00 bits per heavy atom. The van der Waals surface area contributed by atoms with Gasteiger partial charge in [-0.25, -0.2) is 4.79 Å². The first-order valence-corrected chi connectivity index (χ1v) is 8.43. The molecule has 148 valence electrons. The summed E-state index contributed by atoms with van der Waals surface area (Å²) >= 11 is 0. The zero-order chi connectivity index (χ0) is 20.8. The molecule has 1 aromatic heterocycles. The minimum Gasteiger partial charge on any atom is -0.495 e. The van der Waals surface area contributed by atoms with Crippen LogP contribution in [-0.4, -0.2) is 33.9 Å². The number of hydrogen-bond donors (Lipinski definition) is 3. The molecule has 3 aromatic rings. The molecule has 0 unspecified atom stereocenters. The number of rotatable bonds is 7. The zero-order valence-electron chi connectivity index (χ0n) is 15.5. The van der Waals surface area contributed by atoms with Crippen molar-refractivity contribution < 1.29 is 19.1 Å². The zero-order valence-corrected chi connectivity index (χ0v) is 15.5. The van der Waals surface area contributed by atoms with Crippen LogP contribution in [0.5, 0.6) is 5.75 Å². The number of nitrogen functional groups attached to an aromatic ring is 1. The fourth-order valence-corrected chi connectivity index (χ4v) is 2.41. The van der Waals surface area contributed by atoms with Gasteiger partial charge < -0.3 is 26.3 Å². The average molecular weight is 394 g/mol. The lowest BCUT2D eigenvalue weighted by atomic mass is 10.1. The summed E-state index contributed by atoms with van der Waals surface area (Å²) in [5.74, 6) is -0.288. The van der Waals surface area contributed by atoms with Crippen molar-refractivity contribution in [3.63, 3.8) is 0 Å². The molecular formula is C19H18N6O4. The topological polar surface area (TPSA) is 155 Å². The van der Waals surface area contributed by atoms with Crippen molar-refractivity contribution in [2.75, 3.05) is 18.2 Å². The van der Waals surface area contributed by atoms with E-state index in [1.807, 2.05) is 12.1 Å². The molecule has 0 spiro atoms. The molecule has 0 aliphatic rings. The van der Waals surface area contributed by atoms with Gasteiger partial charge in [-0.15, -0.1) is 0 Å². The Balaban J connectivity index is 1.69. The lowest BCUT2D eigenvalue weighted by molar-refractivity contribution is 0.0462. The first-order chi connectivity index (χ1) is 14.0. The van der Waals surface area contributed by atoms with Crippen molar-refractivity contribution in [1.82, 2.24) is 15.0 Å². The number of anilines is 3. The number of methoxy groups -OCH3 is 1. The van der Waals surface area contributed by atoms with Gasteiger partial charge >= 0.3 is 5.97 Å². The number of para-hydroxylation sites is 2. The molecule has 0 bridgehead atoms. The van der Waals surface area contributed by atoms with E-state index in [0.29, 0.717) is 17.0 Å². The number of ether oxygens (including phenoxy) is 2. The van der Waals surface area contributed by atoms with Crippen molar-refractivity contribution >= 4 is 29.5 Å². The molecule has 1 heterocycles. The number of esters is 1. The summed E-state index contributed by atoms with van der Waals surface area (Å²) in [5, 5.41) is 2.99. The number of carbonyl (C=O) groups is 2. The van der Waals surface area contributed by atoms with Crippen molar-refractivity contribution in [3.05, 3.63) is 65.5 Å². The molecule has 0 fully saturated rings. The third-order valence-corrected chi connectivity index (χ3v) is 3.79. The van der Waals surface area contributed by atoms with E-state index in [4.69, 9.17) is 20.9 Å².